The monoisotopic (exact) mass is 736 g/mol. The Balaban J connectivity index is 1.43. The van der Waals surface area contributed by atoms with E-state index in [-0.39, 0.29) is 60.2 Å². The molecule has 2 N–H and O–H groups in total. The highest BCUT2D eigenvalue weighted by atomic mass is 16.6. The zero-order valence-corrected chi connectivity index (χ0v) is 32.9. The van der Waals surface area contributed by atoms with Crippen LogP contribution in [0.15, 0.2) is 30.3 Å². The molecule has 12 heteroatoms. The van der Waals surface area contributed by atoms with Crippen LogP contribution in [0, 0.1) is 28.6 Å². The molecule has 3 aliphatic rings. The normalized spacial score (nSPS) is 22.4. The van der Waals surface area contributed by atoms with Gasteiger partial charge in [-0.2, -0.15) is 0 Å². The molecule has 1 aromatic rings. The maximum absolute atomic E-state index is 14.3. The molecule has 2 aliphatic carbocycles. The minimum Gasteiger partial charge on any atom is -0.446 e. The molecule has 2 saturated carbocycles. The lowest BCUT2D eigenvalue weighted by atomic mass is 9.84. The van der Waals surface area contributed by atoms with Gasteiger partial charge in [-0.25, -0.2) is 4.79 Å². The van der Waals surface area contributed by atoms with Gasteiger partial charge in [0.15, 0.2) is 11.6 Å². The fraction of sp³-hybridized carbons (Fsp3) is 0.683. The minimum atomic E-state index is -0.946. The second kappa shape index (κ2) is 17.4. The van der Waals surface area contributed by atoms with Gasteiger partial charge in [0.25, 0.3) is 0 Å². The summed E-state index contributed by atoms with van der Waals surface area (Å²) in [5.74, 6) is -3.89. The molecule has 3 unspecified atom stereocenters. The molecule has 0 radical (unpaired) electrons. The van der Waals surface area contributed by atoms with E-state index in [1.807, 2.05) is 27.7 Å². The van der Waals surface area contributed by atoms with Crippen molar-refractivity contribution in [1.82, 2.24) is 20.4 Å². The zero-order chi connectivity index (χ0) is 39.2. The van der Waals surface area contributed by atoms with Gasteiger partial charge in [0.1, 0.15) is 18.2 Å². The summed E-state index contributed by atoms with van der Waals surface area (Å²) in [6, 6.07) is 6.09. The molecular formula is C41H60N4O8. The predicted molar refractivity (Wildman–Crippen MR) is 199 cm³/mol. The van der Waals surface area contributed by atoms with E-state index in [1.165, 1.54) is 4.90 Å². The number of benzene rings is 1. The molecule has 1 saturated heterocycles. The maximum Gasteiger partial charge on any atom is 0.408 e. The molecule has 292 valence electrons. The van der Waals surface area contributed by atoms with E-state index in [2.05, 4.69) is 24.5 Å². The molecule has 53 heavy (non-hydrogen) atoms. The number of carbonyl (C=O) groups excluding carboxylic acids is 7. The summed E-state index contributed by atoms with van der Waals surface area (Å²) in [5, 5.41) is 5.52. The Labute approximate surface area is 314 Å². The van der Waals surface area contributed by atoms with Crippen molar-refractivity contribution in [2.75, 3.05) is 20.6 Å². The van der Waals surface area contributed by atoms with Crippen molar-refractivity contribution in [3.05, 3.63) is 35.9 Å². The molecule has 1 aromatic carbocycles. The van der Waals surface area contributed by atoms with E-state index in [1.54, 1.807) is 49.3 Å². The van der Waals surface area contributed by atoms with Crippen molar-refractivity contribution in [3.63, 3.8) is 0 Å². The van der Waals surface area contributed by atoms with Gasteiger partial charge in [0, 0.05) is 45.8 Å². The van der Waals surface area contributed by atoms with Crippen LogP contribution in [0.25, 0.3) is 0 Å². The second-order valence-electron chi connectivity index (χ2n) is 17.1. The first-order valence-electron chi connectivity index (χ1n) is 19.3. The van der Waals surface area contributed by atoms with Gasteiger partial charge in [0.05, 0.1) is 6.04 Å². The van der Waals surface area contributed by atoms with Gasteiger partial charge >= 0.3 is 6.09 Å². The van der Waals surface area contributed by atoms with Crippen LogP contribution in [-0.2, 0) is 33.5 Å². The number of nitrogens with zero attached hydrogens (tertiary/aromatic N) is 2. The number of nitrogens with one attached hydrogen (secondary N) is 2. The van der Waals surface area contributed by atoms with Crippen molar-refractivity contribution in [3.8, 4) is 0 Å². The molecular weight excluding hydrogens is 676 g/mol. The van der Waals surface area contributed by atoms with Crippen LogP contribution in [0.1, 0.15) is 117 Å². The fourth-order valence-electron chi connectivity index (χ4n) is 8.22. The molecule has 1 aliphatic heterocycles. The maximum atomic E-state index is 14.3. The van der Waals surface area contributed by atoms with Gasteiger partial charge in [-0.1, -0.05) is 84.7 Å². The minimum absolute atomic E-state index is 0.0924. The quantitative estimate of drug-likeness (QED) is 0.220. The Bertz CT molecular complexity index is 1530. The van der Waals surface area contributed by atoms with Crippen LogP contribution in [0.2, 0.25) is 0 Å². The van der Waals surface area contributed by atoms with Crippen molar-refractivity contribution >= 4 is 41.2 Å². The first-order valence-corrected chi connectivity index (χ1v) is 19.3. The molecule has 0 aromatic heterocycles. The van der Waals surface area contributed by atoms with Crippen LogP contribution in [0.4, 0.5) is 4.79 Å². The molecule has 3 fully saturated rings. The summed E-state index contributed by atoms with van der Waals surface area (Å²) in [5.41, 5.74) is -0.271. The summed E-state index contributed by atoms with van der Waals surface area (Å²) >= 11 is 0. The lowest BCUT2D eigenvalue weighted by Gasteiger charge is -2.38. The van der Waals surface area contributed by atoms with Gasteiger partial charge in [-0.15, -0.1) is 0 Å². The number of Topliss-reactive ketones (excluding diaryl/α,β-unsaturated/α-hetero) is 3. The third-order valence-electron chi connectivity index (χ3n) is 11.5. The summed E-state index contributed by atoms with van der Waals surface area (Å²) in [7, 11) is 3.17. The third kappa shape index (κ3) is 10.1. The van der Waals surface area contributed by atoms with E-state index in [9.17, 15) is 33.6 Å². The highest BCUT2D eigenvalue weighted by molar-refractivity contribution is 6.38. The van der Waals surface area contributed by atoms with E-state index in [0.29, 0.717) is 24.9 Å². The van der Waals surface area contributed by atoms with Crippen LogP contribution in [0.5, 0.6) is 0 Å². The van der Waals surface area contributed by atoms with Crippen LogP contribution in [0.3, 0.4) is 0 Å². The van der Waals surface area contributed by atoms with Crippen LogP contribution in [-0.4, -0.2) is 89.8 Å². The van der Waals surface area contributed by atoms with E-state index >= 15 is 0 Å². The molecule has 1 heterocycles. The standard InChI is InChI=1S/C41H60N4O8/c1-9-16-26(35(49)29(46)21-22-31(48)42-33(37(50)44(7)8)25-17-12-10-13-18-25)23-30(47)34-32-28(41(32,5)6)24-45(34)38(51)36(40(2,3)4)43-39(52)53-27-19-14-11-15-20-27/h10,12-13,17-18,26-28,32-34,36H,9,11,14-16,19-24H2,1-8H3,(H,42,48)(H,43,52)/t26?,28?,32?,33-,34+,36+/m0/s1. The lowest BCUT2D eigenvalue weighted by Crippen LogP contribution is -2.58. The SMILES string of the molecule is CCCC(CC(=O)[C@@H]1C2C(CN1C(=O)[C@@H](NC(=O)OC1CCCCC1)C(C)(C)C)C2(C)C)C(=O)C(=O)CCC(=O)N[C@H](C(=O)N(C)C)c1ccccc1. The first-order chi connectivity index (χ1) is 24.9. The number of fused-ring (bicyclic) bond motifs is 1. The van der Waals surface area contributed by atoms with Gasteiger partial charge in [-0.05, 0) is 60.3 Å². The molecule has 4 rings (SSSR count). The molecule has 6 atom stereocenters. The first kappa shape index (κ1) is 41.7. The van der Waals surface area contributed by atoms with Crippen molar-refractivity contribution in [1.29, 1.82) is 0 Å². The number of likely N-dealkylation sites (tertiary alicyclic amines) is 1. The van der Waals surface area contributed by atoms with E-state index in [4.69, 9.17) is 4.74 Å². The number of hydrogen-bond acceptors (Lipinski definition) is 8. The van der Waals surface area contributed by atoms with E-state index in [0.717, 1.165) is 32.1 Å². The molecule has 12 nitrogen and oxygen atoms in total. The second-order valence-corrected chi connectivity index (χ2v) is 17.1. The summed E-state index contributed by atoms with van der Waals surface area (Å²) in [6.07, 6.45) is 3.84. The Hall–Kier alpha value is -4.09. The molecule has 4 amide bonds. The lowest BCUT2D eigenvalue weighted by molar-refractivity contribution is -0.145. The number of carbonyl (C=O) groups is 7. The molecule has 0 bridgehead atoms. The number of rotatable bonds is 16. The van der Waals surface area contributed by atoms with Crippen molar-refractivity contribution in [2.24, 2.45) is 28.6 Å². The number of likely N-dealkylation sites (N-methyl/N-ethyl adjacent to an activating group) is 1. The largest absolute Gasteiger partial charge is 0.446 e. The average Bonchev–Trinajstić information content (AvgIpc) is 3.41. The van der Waals surface area contributed by atoms with Crippen molar-refractivity contribution in [2.45, 2.75) is 130 Å². The number of ether oxygens (including phenoxy) is 1. The van der Waals surface area contributed by atoms with Crippen molar-refractivity contribution < 1.29 is 38.3 Å². The number of alkyl carbamates (subject to hydrolysis) is 1. The summed E-state index contributed by atoms with van der Waals surface area (Å²) in [4.78, 5) is 97.1. The Morgan fingerprint density at radius 3 is 2.17 bits per heavy atom. The van der Waals surface area contributed by atoms with Gasteiger partial charge in [0.2, 0.25) is 23.5 Å². The summed E-state index contributed by atoms with van der Waals surface area (Å²) < 4.78 is 5.69. The Morgan fingerprint density at radius 2 is 1.58 bits per heavy atom. The Kier molecular flexibility index (Phi) is 13.7. The fourth-order valence-corrected chi connectivity index (χ4v) is 8.22. The highest BCUT2D eigenvalue weighted by Crippen LogP contribution is 2.65. The number of hydrogen-bond donors (Lipinski definition) is 2. The average molecular weight is 737 g/mol. The van der Waals surface area contributed by atoms with Crippen LogP contribution < -0.4 is 10.6 Å². The topological polar surface area (TPSA) is 159 Å². The summed E-state index contributed by atoms with van der Waals surface area (Å²) in [6.45, 7) is 11.9. The van der Waals surface area contributed by atoms with Gasteiger partial charge < -0.3 is 25.2 Å². The smallest absolute Gasteiger partial charge is 0.408 e. The van der Waals surface area contributed by atoms with Gasteiger partial charge in [-0.3, -0.25) is 28.8 Å². The highest BCUT2D eigenvalue weighted by Gasteiger charge is 2.69. The third-order valence-corrected chi connectivity index (χ3v) is 11.5. The van der Waals surface area contributed by atoms with E-state index < -0.39 is 53.0 Å². The zero-order valence-electron chi connectivity index (χ0n) is 32.9. The number of piperidine rings is 1. The number of amides is 4. The van der Waals surface area contributed by atoms with Crippen LogP contribution >= 0.6 is 0 Å². The molecule has 0 spiro atoms. The predicted octanol–water partition coefficient (Wildman–Crippen LogP) is 5.18. The number of ketones is 3. The Morgan fingerprint density at radius 1 is 0.943 bits per heavy atom.